The number of nitrogens with one attached hydrogen (secondary N) is 1. The second-order valence-corrected chi connectivity index (χ2v) is 13.0. The van der Waals surface area contributed by atoms with Crippen molar-refractivity contribution < 1.29 is 33.3 Å². The van der Waals surface area contributed by atoms with Gasteiger partial charge in [0.15, 0.2) is 0 Å². The largest absolute Gasteiger partial charge is 0.490 e. The number of hydrogen-bond acceptors (Lipinski definition) is 7. The van der Waals surface area contributed by atoms with E-state index in [0.717, 1.165) is 43.6 Å². The Labute approximate surface area is 297 Å². The average molecular weight is 704 g/mol. The number of methoxy groups -OCH3 is 1. The van der Waals surface area contributed by atoms with Gasteiger partial charge in [-0.15, -0.1) is 11.3 Å². The van der Waals surface area contributed by atoms with Gasteiger partial charge >= 0.3 is 12.2 Å². The van der Waals surface area contributed by atoms with Crippen LogP contribution in [0.4, 0.5) is 19.7 Å². The highest BCUT2D eigenvalue weighted by atomic mass is 32.1. The van der Waals surface area contributed by atoms with Crippen molar-refractivity contribution in [2.24, 2.45) is 0 Å². The number of pyridine rings is 1. The summed E-state index contributed by atoms with van der Waals surface area (Å²) < 4.78 is 32.3. The number of aromatic nitrogens is 1. The topological polar surface area (TPSA) is 110 Å². The molecule has 258 valence electrons. The molecule has 2 amide bonds. The van der Waals surface area contributed by atoms with Crippen LogP contribution in [0.5, 0.6) is 5.75 Å². The molecule has 0 fully saturated rings. The van der Waals surface area contributed by atoms with Gasteiger partial charge < -0.3 is 24.2 Å². The van der Waals surface area contributed by atoms with Crippen LogP contribution in [0.1, 0.15) is 16.7 Å². The van der Waals surface area contributed by atoms with Crippen LogP contribution in [0.2, 0.25) is 0 Å². The number of rotatable bonds is 10. The second kappa shape index (κ2) is 15.0. The third-order valence-electron chi connectivity index (χ3n) is 8.72. The zero-order valence-electron chi connectivity index (χ0n) is 27.7. The number of anilines is 1. The maximum absolute atomic E-state index is 14.7. The van der Waals surface area contributed by atoms with Crippen molar-refractivity contribution in [2.75, 3.05) is 32.2 Å². The fourth-order valence-corrected chi connectivity index (χ4v) is 7.20. The first-order valence-corrected chi connectivity index (χ1v) is 17.3. The Hall–Kier alpha value is -5.78. The molecule has 0 atom stereocenters. The average Bonchev–Trinajstić information content (AvgIpc) is 3.64. The van der Waals surface area contributed by atoms with Crippen LogP contribution >= 0.6 is 11.3 Å². The number of ether oxygens (including phenoxy) is 3. The predicted molar refractivity (Wildman–Crippen MR) is 196 cm³/mol. The van der Waals surface area contributed by atoms with Gasteiger partial charge in [-0.2, -0.15) is 0 Å². The molecule has 1 aliphatic heterocycles. The monoisotopic (exact) mass is 703 g/mol. The Kier molecular flexibility index (Phi) is 9.91. The molecule has 3 heterocycles. The zero-order valence-corrected chi connectivity index (χ0v) is 28.5. The molecule has 11 heteroatoms. The van der Waals surface area contributed by atoms with Crippen molar-refractivity contribution in [3.05, 3.63) is 125 Å². The van der Waals surface area contributed by atoms with Crippen LogP contribution in [0.15, 0.2) is 102 Å². The normalized spacial score (nSPS) is 12.4. The minimum atomic E-state index is -0.931. The lowest BCUT2D eigenvalue weighted by Gasteiger charge is -2.26. The summed E-state index contributed by atoms with van der Waals surface area (Å²) in [5, 5.41) is 15.3. The molecule has 4 aromatic carbocycles. The molecule has 0 bridgehead atoms. The Morgan fingerprint density at radius 2 is 1.76 bits per heavy atom. The SMILES string of the molecule is COCCOc1cc(F)ccc1-c1c(-c2cccc(NC(=O)OCc3ccccc3)c2)nc(-c2ccc3c(c2)CCN(C(=O)O)C3)c2ccsc12. The third kappa shape index (κ3) is 7.40. The highest BCUT2D eigenvalue weighted by Crippen LogP contribution is 2.46. The van der Waals surface area contributed by atoms with E-state index >= 15 is 0 Å². The van der Waals surface area contributed by atoms with E-state index in [-0.39, 0.29) is 13.2 Å². The van der Waals surface area contributed by atoms with Crippen molar-refractivity contribution in [3.63, 3.8) is 0 Å². The number of hydrogen-bond donors (Lipinski definition) is 2. The number of nitrogens with zero attached hydrogens (tertiary/aromatic N) is 2. The smallest absolute Gasteiger partial charge is 0.411 e. The first-order valence-electron chi connectivity index (χ1n) is 16.4. The van der Waals surface area contributed by atoms with Gasteiger partial charge in [-0.05, 0) is 64.9 Å². The minimum Gasteiger partial charge on any atom is -0.490 e. The van der Waals surface area contributed by atoms with Crippen molar-refractivity contribution >= 4 is 39.3 Å². The summed E-state index contributed by atoms with van der Waals surface area (Å²) in [5.74, 6) is -0.0801. The molecular formula is C40H34FN3O6S. The molecule has 6 aromatic rings. The maximum atomic E-state index is 14.7. The molecule has 51 heavy (non-hydrogen) atoms. The van der Waals surface area contributed by atoms with Crippen LogP contribution in [0.3, 0.4) is 0 Å². The van der Waals surface area contributed by atoms with E-state index in [4.69, 9.17) is 19.2 Å². The number of benzene rings is 4. The number of carbonyl (C=O) groups is 2. The Balaban J connectivity index is 1.34. The molecule has 2 aromatic heterocycles. The molecule has 0 saturated carbocycles. The highest BCUT2D eigenvalue weighted by Gasteiger charge is 2.25. The van der Waals surface area contributed by atoms with Gasteiger partial charge in [0.1, 0.15) is 24.8 Å². The summed E-state index contributed by atoms with van der Waals surface area (Å²) in [7, 11) is 1.58. The molecule has 9 nitrogen and oxygen atoms in total. The van der Waals surface area contributed by atoms with E-state index in [2.05, 4.69) is 11.4 Å². The predicted octanol–water partition coefficient (Wildman–Crippen LogP) is 9.25. The molecule has 2 N–H and O–H groups in total. The number of carbonyl (C=O) groups excluding carboxylic acids is 1. The first kappa shape index (κ1) is 33.7. The van der Waals surface area contributed by atoms with Gasteiger partial charge in [0.25, 0.3) is 0 Å². The van der Waals surface area contributed by atoms with Gasteiger partial charge in [0.05, 0.1) is 18.0 Å². The summed E-state index contributed by atoms with van der Waals surface area (Å²) in [4.78, 5) is 31.2. The quantitative estimate of drug-likeness (QED) is 0.137. The van der Waals surface area contributed by atoms with Crippen molar-refractivity contribution in [1.29, 1.82) is 0 Å². The molecule has 0 aliphatic carbocycles. The highest BCUT2D eigenvalue weighted by molar-refractivity contribution is 7.18. The zero-order chi connectivity index (χ0) is 35.3. The van der Waals surface area contributed by atoms with Crippen molar-refractivity contribution in [3.8, 4) is 39.4 Å². The lowest BCUT2D eigenvalue weighted by Crippen LogP contribution is -2.34. The van der Waals surface area contributed by atoms with Crippen LogP contribution in [-0.4, -0.2) is 54.0 Å². The van der Waals surface area contributed by atoms with Gasteiger partial charge in [-0.25, -0.2) is 19.0 Å². The fourth-order valence-electron chi connectivity index (χ4n) is 6.25. The van der Waals surface area contributed by atoms with Gasteiger partial charge in [-0.3, -0.25) is 5.32 Å². The number of amides is 2. The van der Waals surface area contributed by atoms with Gasteiger partial charge in [-0.1, -0.05) is 54.6 Å². The van der Waals surface area contributed by atoms with Crippen LogP contribution in [0, 0.1) is 5.82 Å². The second-order valence-electron chi connectivity index (χ2n) is 12.0. The Bertz CT molecular complexity index is 2220. The number of halogens is 1. The summed E-state index contributed by atoms with van der Waals surface area (Å²) in [6, 6.07) is 29.3. The summed E-state index contributed by atoms with van der Waals surface area (Å²) in [6.45, 7) is 1.43. The molecule has 0 unspecified atom stereocenters. The fraction of sp³-hybridized carbons (Fsp3) is 0.175. The first-order chi connectivity index (χ1) is 24.9. The third-order valence-corrected chi connectivity index (χ3v) is 9.66. The van der Waals surface area contributed by atoms with E-state index in [1.54, 1.807) is 30.6 Å². The summed E-state index contributed by atoms with van der Waals surface area (Å²) >= 11 is 1.54. The lowest BCUT2D eigenvalue weighted by molar-refractivity contribution is 0.140. The van der Waals surface area contributed by atoms with Crippen molar-refractivity contribution in [2.45, 2.75) is 19.6 Å². The van der Waals surface area contributed by atoms with Gasteiger partial charge in [0.2, 0.25) is 0 Å². The maximum Gasteiger partial charge on any atom is 0.411 e. The molecular weight excluding hydrogens is 670 g/mol. The summed E-state index contributed by atoms with van der Waals surface area (Å²) in [6.07, 6.45) is -0.931. The molecule has 1 aliphatic rings. The van der Waals surface area contributed by atoms with Crippen LogP contribution < -0.4 is 10.1 Å². The van der Waals surface area contributed by atoms with Gasteiger partial charge in [0, 0.05) is 64.3 Å². The number of carboxylic acid groups (broad SMARTS) is 1. The summed E-state index contributed by atoms with van der Waals surface area (Å²) in [5.41, 5.74) is 7.81. The lowest BCUT2D eigenvalue weighted by atomic mass is 9.93. The Morgan fingerprint density at radius 3 is 2.59 bits per heavy atom. The number of fused-ring (bicyclic) bond motifs is 2. The molecule has 0 spiro atoms. The van der Waals surface area contributed by atoms with E-state index < -0.39 is 18.0 Å². The minimum absolute atomic E-state index is 0.127. The molecule has 0 saturated heterocycles. The van der Waals surface area contributed by atoms with E-state index in [0.29, 0.717) is 54.4 Å². The standard InChI is InChI=1S/C40H34FN3O6S/c1-48-17-18-49-34-22-30(41)12-13-32(34)35-37(27-8-5-9-31(21-27)42-39(45)50-24-25-6-3-2-4-7-25)43-36(33-15-19-51-38(33)35)28-10-11-29-23-44(40(46)47)16-14-26(29)20-28/h2-13,15,19-22H,14,16-18,23-24H2,1H3,(H,42,45)(H,46,47). The number of thiophene rings is 1. The molecule has 7 rings (SSSR count). The van der Waals surface area contributed by atoms with E-state index in [9.17, 15) is 19.1 Å². The molecule has 0 radical (unpaired) electrons. The Morgan fingerprint density at radius 1 is 0.922 bits per heavy atom. The van der Waals surface area contributed by atoms with E-state index in [1.165, 1.54) is 17.0 Å². The van der Waals surface area contributed by atoms with Crippen molar-refractivity contribution in [1.82, 2.24) is 9.88 Å². The van der Waals surface area contributed by atoms with E-state index in [1.807, 2.05) is 72.1 Å². The van der Waals surface area contributed by atoms with Crippen LogP contribution in [-0.2, 0) is 29.0 Å². The van der Waals surface area contributed by atoms with Crippen LogP contribution in [0.25, 0.3) is 43.7 Å².